The van der Waals surface area contributed by atoms with Crippen LogP contribution in [0, 0.1) is 5.92 Å². The summed E-state index contributed by atoms with van der Waals surface area (Å²) >= 11 is 0. The lowest BCUT2D eigenvalue weighted by Crippen LogP contribution is -2.38. The Labute approximate surface area is 126 Å². The maximum absolute atomic E-state index is 12.2. The molecule has 22 heavy (non-hydrogen) atoms. The van der Waals surface area contributed by atoms with Crippen LogP contribution >= 0.6 is 0 Å². The van der Waals surface area contributed by atoms with Gasteiger partial charge in [0.05, 0.1) is 18.0 Å². The van der Waals surface area contributed by atoms with Crippen molar-refractivity contribution < 1.29 is 23.1 Å². The fourth-order valence-electron chi connectivity index (χ4n) is 2.07. The van der Waals surface area contributed by atoms with E-state index in [1.165, 1.54) is 0 Å². The fourth-order valence-corrected chi connectivity index (χ4v) is 2.07. The van der Waals surface area contributed by atoms with Gasteiger partial charge in [0.25, 0.3) is 0 Å². The first-order valence-corrected chi connectivity index (χ1v) is 7.07. The number of aromatic nitrogens is 2. The Balaban J connectivity index is 2.42. The normalized spacial score (nSPS) is 13.2. The molecule has 0 aromatic carbocycles. The van der Waals surface area contributed by atoms with Crippen LogP contribution in [0.15, 0.2) is 12.4 Å². The summed E-state index contributed by atoms with van der Waals surface area (Å²) in [5, 5.41) is 18.2. The zero-order valence-electron chi connectivity index (χ0n) is 12.5. The molecule has 0 aliphatic carbocycles. The highest BCUT2D eigenvalue weighted by molar-refractivity contribution is 5.88. The van der Waals surface area contributed by atoms with E-state index in [1.807, 2.05) is 13.8 Å². The van der Waals surface area contributed by atoms with Gasteiger partial charge in [0.15, 0.2) is 0 Å². The lowest BCUT2D eigenvalue weighted by atomic mass is 9.97. The molecule has 0 aliphatic heterocycles. The number of aliphatic hydroxyl groups excluding tert-OH is 1. The third-order valence-electron chi connectivity index (χ3n) is 3.30. The van der Waals surface area contributed by atoms with Crippen molar-refractivity contribution in [3.8, 4) is 0 Å². The van der Waals surface area contributed by atoms with E-state index in [9.17, 15) is 23.1 Å². The molecule has 126 valence electrons. The van der Waals surface area contributed by atoms with Crippen molar-refractivity contribution in [2.75, 3.05) is 11.9 Å². The second kappa shape index (κ2) is 8.02. The zero-order chi connectivity index (χ0) is 16.8. The summed E-state index contributed by atoms with van der Waals surface area (Å²) < 4.78 is 37.2. The second-order valence-corrected chi connectivity index (χ2v) is 5.02. The number of alkyl halides is 3. The van der Waals surface area contributed by atoms with E-state index in [4.69, 9.17) is 0 Å². The summed E-state index contributed by atoms with van der Waals surface area (Å²) in [5.74, 6) is 0.0924. The molecule has 6 nitrogen and oxygen atoms in total. The molecule has 2 amide bonds. The number of hydrogen-bond donors (Lipinski definition) is 3. The summed E-state index contributed by atoms with van der Waals surface area (Å²) in [6, 6.07) is -0.600. The van der Waals surface area contributed by atoms with Gasteiger partial charge >= 0.3 is 12.2 Å². The van der Waals surface area contributed by atoms with Gasteiger partial charge in [-0.1, -0.05) is 26.7 Å². The van der Waals surface area contributed by atoms with Crippen molar-refractivity contribution >= 4 is 11.7 Å². The number of carbonyl (C=O) groups excluding carboxylic acids is 1. The van der Waals surface area contributed by atoms with E-state index in [0.29, 0.717) is 4.68 Å². The van der Waals surface area contributed by atoms with E-state index in [1.54, 1.807) is 0 Å². The molecule has 0 radical (unpaired) electrons. The van der Waals surface area contributed by atoms with E-state index in [0.717, 1.165) is 25.2 Å². The maximum atomic E-state index is 12.2. The van der Waals surface area contributed by atoms with Crippen LogP contribution in [0.2, 0.25) is 0 Å². The van der Waals surface area contributed by atoms with Gasteiger partial charge in [0.1, 0.15) is 6.54 Å². The van der Waals surface area contributed by atoms with E-state index in [2.05, 4.69) is 15.7 Å². The number of nitrogens with one attached hydrogen (secondary N) is 2. The first kappa shape index (κ1) is 18.3. The average molecular weight is 322 g/mol. The average Bonchev–Trinajstić information content (AvgIpc) is 2.82. The first-order chi connectivity index (χ1) is 10.2. The SMILES string of the molecule is CCC(CC)[C@@H](O)CNC(=O)Nc1cnn(CC(F)(F)F)c1. The van der Waals surface area contributed by atoms with E-state index >= 15 is 0 Å². The van der Waals surface area contributed by atoms with Crippen LogP contribution in [-0.4, -0.2) is 39.7 Å². The third-order valence-corrected chi connectivity index (χ3v) is 3.30. The quantitative estimate of drug-likeness (QED) is 0.721. The number of anilines is 1. The summed E-state index contributed by atoms with van der Waals surface area (Å²) in [5.41, 5.74) is 0.152. The summed E-state index contributed by atoms with van der Waals surface area (Å²) in [6.07, 6.45) is -1.22. The Morgan fingerprint density at radius 1 is 1.41 bits per heavy atom. The summed E-state index contributed by atoms with van der Waals surface area (Å²) in [4.78, 5) is 11.6. The van der Waals surface area contributed by atoms with Crippen LogP contribution in [-0.2, 0) is 6.54 Å². The maximum Gasteiger partial charge on any atom is 0.408 e. The predicted molar refractivity (Wildman–Crippen MR) is 75.4 cm³/mol. The molecular weight excluding hydrogens is 301 g/mol. The van der Waals surface area contributed by atoms with Crippen molar-refractivity contribution in [3.63, 3.8) is 0 Å². The van der Waals surface area contributed by atoms with Gasteiger partial charge in [0.2, 0.25) is 0 Å². The van der Waals surface area contributed by atoms with Gasteiger partial charge in [-0.15, -0.1) is 0 Å². The van der Waals surface area contributed by atoms with Gasteiger partial charge in [-0.3, -0.25) is 4.68 Å². The van der Waals surface area contributed by atoms with Gasteiger partial charge in [0, 0.05) is 12.7 Å². The molecule has 1 atom stereocenters. The van der Waals surface area contributed by atoms with Crippen LogP contribution < -0.4 is 10.6 Å². The largest absolute Gasteiger partial charge is 0.408 e. The smallest absolute Gasteiger partial charge is 0.391 e. The molecular formula is C13H21F3N4O2. The minimum Gasteiger partial charge on any atom is -0.391 e. The number of urea groups is 1. The molecule has 0 saturated heterocycles. The predicted octanol–water partition coefficient (Wildman–Crippen LogP) is 2.36. The standard InChI is InChI=1S/C13H21F3N4O2/c1-3-9(4-2)11(21)6-17-12(22)19-10-5-18-20(7-10)8-13(14,15)16/h5,7,9,11,21H,3-4,6,8H2,1-2H3,(H2,17,19,22)/t11-/m0/s1. The highest BCUT2D eigenvalue weighted by Gasteiger charge is 2.28. The molecule has 9 heteroatoms. The second-order valence-electron chi connectivity index (χ2n) is 5.02. The number of carbonyl (C=O) groups is 1. The van der Waals surface area contributed by atoms with E-state index in [-0.39, 0.29) is 18.2 Å². The van der Waals surface area contributed by atoms with Crippen LogP contribution in [0.25, 0.3) is 0 Å². The molecule has 1 heterocycles. The van der Waals surface area contributed by atoms with Crippen LogP contribution in [0.4, 0.5) is 23.7 Å². The van der Waals surface area contributed by atoms with Crippen LogP contribution in [0.3, 0.4) is 0 Å². The van der Waals surface area contributed by atoms with Gasteiger partial charge in [-0.2, -0.15) is 18.3 Å². The molecule has 0 saturated carbocycles. The molecule has 0 spiro atoms. The van der Waals surface area contributed by atoms with Crippen LogP contribution in [0.1, 0.15) is 26.7 Å². The van der Waals surface area contributed by atoms with Gasteiger partial charge in [-0.25, -0.2) is 4.79 Å². The molecule has 0 bridgehead atoms. The van der Waals surface area contributed by atoms with Crippen molar-refractivity contribution in [1.29, 1.82) is 0 Å². The Bertz CT molecular complexity index is 472. The fraction of sp³-hybridized carbons (Fsp3) is 0.692. The van der Waals surface area contributed by atoms with Crippen LogP contribution in [0.5, 0.6) is 0 Å². The number of amides is 2. The highest BCUT2D eigenvalue weighted by atomic mass is 19.4. The van der Waals surface area contributed by atoms with Crippen molar-refractivity contribution in [1.82, 2.24) is 15.1 Å². The Hall–Kier alpha value is -1.77. The third kappa shape index (κ3) is 6.33. The molecule has 0 aliphatic rings. The molecule has 1 aromatic rings. The summed E-state index contributed by atoms with van der Waals surface area (Å²) in [7, 11) is 0. The van der Waals surface area contributed by atoms with Gasteiger partial charge < -0.3 is 15.7 Å². The number of nitrogens with zero attached hydrogens (tertiary/aromatic N) is 2. The van der Waals surface area contributed by atoms with E-state index < -0.39 is 24.9 Å². The molecule has 0 fully saturated rings. The van der Waals surface area contributed by atoms with Crippen molar-refractivity contribution in [2.45, 2.75) is 45.5 Å². The first-order valence-electron chi connectivity index (χ1n) is 7.07. The lowest BCUT2D eigenvalue weighted by molar-refractivity contribution is -0.142. The summed E-state index contributed by atoms with van der Waals surface area (Å²) in [6.45, 7) is 2.76. The van der Waals surface area contributed by atoms with Crippen molar-refractivity contribution in [2.24, 2.45) is 5.92 Å². The van der Waals surface area contributed by atoms with Gasteiger partial charge in [-0.05, 0) is 5.92 Å². The van der Waals surface area contributed by atoms with Crippen molar-refractivity contribution in [3.05, 3.63) is 12.4 Å². The Morgan fingerprint density at radius 2 is 2.05 bits per heavy atom. The lowest BCUT2D eigenvalue weighted by Gasteiger charge is -2.20. The minimum absolute atomic E-state index is 0.0782. The molecule has 3 N–H and O–H groups in total. The monoisotopic (exact) mass is 322 g/mol. The topological polar surface area (TPSA) is 79.2 Å². The number of rotatable bonds is 7. The highest BCUT2D eigenvalue weighted by Crippen LogP contribution is 2.18. The Kier molecular flexibility index (Phi) is 6.66. The molecule has 1 rings (SSSR count). The molecule has 0 unspecified atom stereocenters. The number of aliphatic hydroxyl groups is 1. The number of hydrogen-bond acceptors (Lipinski definition) is 3. The zero-order valence-corrected chi connectivity index (χ0v) is 12.5. The Morgan fingerprint density at radius 3 is 2.59 bits per heavy atom. The number of halogens is 3. The molecule has 1 aromatic heterocycles. The minimum atomic E-state index is -4.37.